The van der Waals surface area contributed by atoms with Crippen molar-refractivity contribution in [2.24, 2.45) is 5.92 Å². The van der Waals surface area contributed by atoms with Crippen molar-refractivity contribution in [2.75, 3.05) is 6.67 Å². The Morgan fingerprint density at radius 2 is 1.77 bits per heavy atom. The predicted octanol–water partition coefficient (Wildman–Crippen LogP) is 6.61. The molecule has 0 heterocycles. The highest BCUT2D eigenvalue weighted by atomic mass is 19.1. The van der Waals surface area contributed by atoms with E-state index >= 15 is 0 Å². The number of unbranched alkanes of at least 4 members (excludes halogenated alkanes) is 2. The number of halogens is 1. The van der Waals surface area contributed by atoms with Crippen molar-refractivity contribution in [1.29, 1.82) is 0 Å². The van der Waals surface area contributed by atoms with Crippen LogP contribution in [-0.4, -0.2) is 6.67 Å². The van der Waals surface area contributed by atoms with Crippen LogP contribution < -0.4 is 0 Å². The topological polar surface area (TPSA) is 0 Å². The van der Waals surface area contributed by atoms with Gasteiger partial charge in [-0.1, -0.05) is 56.2 Å². The number of allylic oxidation sites excluding steroid dienone is 2. The summed E-state index contributed by atoms with van der Waals surface area (Å²) in [6.07, 6.45) is 15.1. The monoisotopic (exact) mass is 302 g/mol. The quantitative estimate of drug-likeness (QED) is 0.374. The molecule has 1 aliphatic carbocycles. The molecule has 1 saturated carbocycles. The molecule has 1 fully saturated rings. The molecule has 1 aromatic rings. The van der Waals surface area contributed by atoms with Crippen LogP contribution >= 0.6 is 0 Å². The second-order valence-electron chi connectivity index (χ2n) is 6.72. The Bertz CT molecular complexity index is 424. The SMILES string of the molecule is CCCCCc1ccc(C2CCC(/C=C/CCF)CC2)cc1. The van der Waals surface area contributed by atoms with Gasteiger partial charge in [0.1, 0.15) is 0 Å². The van der Waals surface area contributed by atoms with E-state index in [1.807, 2.05) is 6.08 Å². The summed E-state index contributed by atoms with van der Waals surface area (Å²) in [6, 6.07) is 9.37. The van der Waals surface area contributed by atoms with Crippen LogP contribution in [0.3, 0.4) is 0 Å². The van der Waals surface area contributed by atoms with Crippen LogP contribution in [0.25, 0.3) is 0 Å². The Morgan fingerprint density at radius 1 is 1.05 bits per heavy atom. The van der Waals surface area contributed by atoms with Crippen molar-refractivity contribution in [1.82, 2.24) is 0 Å². The molecular weight excluding hydrogens is 271 g/mol. The van der Waals surface area contributed by atoms with Crippen LogP contribution in [0, 0.1) is 5.92 Å². The number of hydrogen-bond donors (Lipinski definition) is 0. The maximum atomic E-state index is 12.1. The Hall–Kier alpha value is -1.11. The predicted molar refractivity (Wildman–Crippen MR) is 94.1 cm³/mol. The maximum absolute atomic E-state index is 12.1. The standard InChI is InChI=1S/C21H31F/c1-2-3-4-7-18-9-13-20(14-10-18)21-15-11-19(12-16-21)8-5-6-17-22/h5,8-10,13-14,19,21H,2-4,6-7,11-12,15-17H2,1H3/b8-5+. The summed E-state index contributed by atoms with van der Waals surface area (Å²) in [5.74, 6) is 1.41. The number of hydrogen-bond acceptors (Lipinski definition) is 0. The highest BCUT2D eigenvalue weighted by Gasteiger charge is 2.20. The lowest BCUT2D eigenvalue weighted by Gasteiger charge is -2.27. The third kappa shape index (κ3) is 5.59. The van der Waals surface area contributed by atoms with E-state index in [0.29, 0.717) is 12.3 Å². The number of rotatable bonds is 8. The fourth-order valence-electron chi connectivity index (χ4n) is 3.53. The van der Waals surface area contributed by atoms with Gasteiger partial charge in [0, 0.05) is 0 Å². The minimum Gasteiger partial charge on any atom is -0.251 e. The summed E-state index contributed by atoms with van der Waals surface area (Å²) in [5, 5.41) is 0. The lowest BCUT2D eigenvalue weighted by atomic mass is 9.78. The summed E-state index contributed by atoms with van der Waals surface area (Å²) in [5.41, 5.74) is 3.01. The van der Waals surface area contributed by atoms with Gasteiger partial charge in [-0.05, 0) is 67.9 Å². The molecule has 1 aromatic carbocycles. The summed E-state index contributed by atoms with van der Waals surface area (Å²) in [7, 11) is 0. The maximum Gasteiger partial charge on any atom is 0.0928 e. The van der Waals surface area contributed by atoms with Gasteiger partial charge in [0.15, 0.2) is 0 Å². The van der Waals surface area contributed by atoms with Gasteiger partial charge in [0.25, 0.3) is 0 Å². The van der Waals surface area contributed by atoms with Crippen molar-refractivity contribution in [3.05, 3.63) is 47.5 Å². The van der Waals surface area contributed by atoms with Gasteiger partial charge >= 0.3 is 0 Å². The van der Waals surface area contributed by atoms with Crippen molar-refractivity contribution in [3.63, 3.8) is 0 Å². The van der Waals surface area contributed by atoms with E-state index < -0.39 is 0 Å². The lowest BCUT2D eigenvalue weighted by molar-refractivity contribution is 0.375. The second-order valence-corrected chi connectivity index (χ2v) is 6.72. The molecule has 0 aromatic heterocycles. The first-order chi connectivity index (χ1) is 10.8. The summed E-state index contributed by atoms with van der Waals surface area (Å²) >= 11 is 0. The average molecular weight is 302 g/mol. The average Bonchev–Trinajstić information content (AvgIpc) is 2.57. The number of benzene rings is 1. The van der Waals surface area contributed by atoms with Gasteiger partial charge in [-0.25, -0.2) is 0 Å². The summed E-state index contributed by atoms with van der Waals surface area (Å²) in [4.78, 5) is 0. The minimum absolute atomic E-state index is 0.226. The smallest absolute Gasteiger partial charge is 0.0928 e. The molecule has 0 atom stereocenters. The van der Waals surface area contributed by atoms with Crippen molar-refractivity contribution < 1.29 is 4.39 Å². The molecule has 0 saturated heterocycles. The fraction of sp³-hybridized carbons (Fsp3) is 0.619. The minimum atomic E-state index is -0.226. The van der Waals surface area contributed by atoms with Crippen LogP contribution in [-0.2, 0) is 6.42 Å². The molecule has 0 unspecified atom stereocenters. The van der Waals surface area contributed by atoms with Crippen LogP contribution in [0.15, 0.2) is 36.4 Å². The van der Waals surface area contributed by atoms with Crippen molar-refractivity contribution >= 4 is 0 Å². The van der Waals surface area contributed by atoms with Gasteiger partial charge in [0.05, 0.1) is 6.67 Å². The first kappa shape index (κ1) is 17.2. The molecule has 0 N–H and O–H groups in total. The first-order valence-electron chi connectivity index (χ1n) is 9.15. The molecule has 0 aliphatic heterocycles. The molecule has 2 rings (SSSR count). The zero-order chi connectivity index (χ0) is 15.6. The van der Waals surface area contributed by atoms with Crippen LogP contribution in [0.5, 0.6) is 0 Å². The van der Waals surface area contributed by atoms with Gasteiger partial charge < -0.3 is 0 Å². The Kier molecular flexibility index (Phi) is 7.70. The third-order valence-electron chi connectivity index (χ3n) is 4.98. The molecular formula is C21H31F. The number of aryl methyl sites for hydroxylation is 1. The molecule has 0 amide bonds. The van der Waals surface area contributed by atoms with Gasteiger partial charge in [0.2, 0.25) is 0 Å². The largest absolute Gasteiger partial charge is 0.251 e. The van der Waals surface area contributed by atoms with Crippen LogP contribution in [0.2, 0.25) is 0 Å². The van der Waals surface area contributed by atoms with E-state index in [4.69, 9.17) is 0 Å². The summed E-state index contributed by atoms with van der Waals surface area (Å²) < 4.78 is 12.1. The first-order valence-corrected chi connectivity index (χ1v) is 9.15. The van der Waals surface area contributed by atoms with Gasteiger partial charge in [-0.15, -0.1) is 0 Å². The van der Waals surface area contributed by atoms with Crippen LogP contribution in [0.4, 0.5) is 4.39 Å². The van der Waals surface area contributed by atoms with Gasteiger partial charge in [-0.3, -0.25) is 4.39 Å². The molecule has 122 valence electrons. The fourth-order valence-corrected chi connectivity index (χ4v) is 3.53. The zero-order valence-electron chi connectivity index (χ0n) is 14.1. The van der Waals surface area contributed by atoms with E-state index in [0.717, 1.165) is 5.92 Å². The van der Waals surface area contributed by atoms with Crippen molar-refractivity contribution in [2.45, 2.75) is 70.6 Å². The number of alkyl halides is 1. The molecule has 1 aliphatic rings. The summed E-state index contributed by atoms with van der Waals surface area (Å²) in [6.45, 7) is 2.03. The molecule has 22 heavy (non-hydrogen) atoms. The highest BCUT2D eigenvalue weighted by Crippen LogP contribution is 2.36. The normalized spacial score (nSPS) is 22.3. The van der Waals surface area contributed by atoms with E-state index in [9.17, 15) is 4.39 Å². The lowest BCUT2D eigenvalue weighted by Crippen LogP contribution is -2.11. The Morgan fingerprint density at radius 3 is 2.41 bits per heavy atom. The van der Waals surface area contributed by atoms with E-state index in [2.05, 4.69) is 37.3 Å². The molecule has 0 nitrogen and oxygen atoms in total. The molecule has 0 spiro atoms. The van der Waals surface area contributed by atoms with Gasteiger partial charge in [-0.2, -0.15) is 0 Å². The second kappa shape index (κ2) is 9.82. The molecule has 1 heteroatoms. The third-order valence-corrected chi connectivity index (χ3v) is 4.98. The van der Waals surface area contributed by atoms with E-state index in [-0.39, 0.29) is 6.67 Å². The Balaban J connectivity index is 1.78. The van der Waals surface area contributed by atoms with E-state index in [1.54, 1.807) is 0 Å². The van der Waals surface area contributed by atoms with Crippen LogP contribution in [0.1, 0.15) is 75.3 Å². The molecule has 0 radical (unpaired) electrons. The zero-order valence-corrected chi connectivity index (χ0v) is 14.1. The van der Waals surface area contributed by atoms with E-state index in [1.165, 1.54) is 62.5 Å². The van der Waals surface area contributed by atoms with Crippen molar-refractivity contribution in [3.8, 4) is 0 Å². The molecule has 0 bridgehead atoms. The highest BCUT2D eigenvalue weighted by molar-refractivity contribution is 5.26. The Labute approximate surface area is 135 Å².